The SMILES string of the molecule is Cc1ccccc1C(CC(C)C)NCC(N)=O. The number of carbonyl (C=O) groups is 1. The number of amides is 1. The van der Waals surface area contributed by atoms with E-state index in [0.717, 1.165) is 6.42 Å². The van der Waals surface area contributed by atoms with E-state index < -0.39 is 0 Å². The molecule has 3 N–H and O–H groups in total. The molecule has 3 heteroatoms. The van der Waals surface area contributed by atoms with Gasteiger partial charge in [0.2, 0.25) is 5.91 Å². The minimum absolute atomic E-state index is 0.198. The van der Waals surface area contributed by atoms with Crippen LogP contribution in [0.5, 0.6) is 0 Å². The maximum absolute atomic E-state index is 10.9. The van der Waals surface area contributed by atoms with E-state index in [1.165, 1.54) is 11.1 Å². The summed E-state index contributed by atoms with van der Waals surface area (Å²) < 4.78 is 0. The molecule has 0 saturated carbocycles. The summed E-state index contributed by atoms with van der Waals surface area (Å²) in [5.41, 5.74) is 7.68. The first-order chi connectivity index (χ1) is 8.00. The number of hydrogen-bond donors (Lipinski definition) is 2. The fraction of sp³-hybridized carbons (Fsp3) is 0.500. The molecule has 17 heavy (non-hydrogen) atoms. The van der Waals surface area contributed by atoms with Gasteiger partial charge < -0.3 is 11.1 Å². The first-order valence-electron chi connectivity index (χ1n) is 6.08. The van der Waals surface area contributed by atoms with Crippen molar-refractivity contribution >= 4 is 5.91 Å². The first kappa shape index (κ1) is 13.7. The third-order valence-electron chi connectivity index (χ3n) is 2.79. The Morgan fingerprint density at radius 2 is 2.00 bits per heavy atom. The van der Waals surface area contributed by atoms with Crippen LogP contribution in [0.1, 0.15) is 37.4 Å². The van der Waals surface area contributed by atoms with Crippen molar-refractivity contribution in [3.63, 3.8) is 0 Å². The molecule has 0 aliphatic heterocycles. The summed E-state index contributed by atoms with van der Waals surface area (Å²) in [4.78, 5) is 10.9. The Balaban J connectivity index is 2.82. The van der Waals surface area contributed by atoms with Gasteiger partial charge in [0, 0.05) is 6.04 Å². The van der Waals surface area contributed by atoms with Crippen LogP contribution in [-0.2, 0) is 4.79 Å². The molecule has 1 amide bonds. The van der Waals surface area contributed by atoms with Gasteiger partial charge in [-0.1, -0.05) is 38.1 Å². The number of primary amides is 1. The Bertz CT molecular complexity index is 374. The van der Waals surface area contributed by atoms with Gasteiger partial charge >= 0.3 is 0 Å². The molecule has 0 aliphatic rings. The smallest absolute Gasteiger partial charge is 0.231 e. The fourth-order valence-corrected chi connectivity index (χ4v) is 1.99. The predicted octanol–water partition coefficient (Wildman–Crippen LogP) is 2.16. The highest BCUT2D eigenvalue weighted by Gasteiger charge is 2.15. The van der Waals surface area contributed by atoms with E-state index in [0.29, 0.717) is 5.92 Å². The molecule has 0 bridgehead atoms. The summed E-state index contributed by atoms with van der Waals surface area (Å²) in [7, 11) is 0. The van der Waals surface area contributed by atoms with Crippen molar-refractivity contribution in [1.82, 2.24) is 5.32 Å². The molecule has 1 aromatic carbocycles. The molecule has 0 aliphatic carbocycles. The number of nitrogens with one attached hydrogen (secondary N) is 1. The van der Waals surface area contributed by atoms with E-state index in [1.807, 2.05) is 12.1 Å². The Morgan fingerprint density at radius 1 is 1.35 bits per heavy atom. The van der Waals surface area contributed by atoms with Crippen LogP contribution >= 0.6 is 0 Å². The Labute approximate surface area is 103 Å². The minimum atomic E-state index is -0.313. The Hall–Kier alpha value is -1.35. The normalized spacial score (nSPS) is 12.7. The fourth-order valence-electron chi connectivity index (χ4n) is 1.99. The van der Waals surface area contributed by atoms with Crippen molar-refractivity contribution < 1.29 is 4.79 Å². The third kappa shape index (κ3) is 4.57. The zero-order valence-corrected chi connectivity index (χ0v) is 10.9. The Kier molecular flexibility index (Phi) is 5.16. The van der Waals surface area contributed by atoms with Crippen molar-refractivity contribution in [3.05, 3.63) is 35.4 Å². The molecule has 0 heterocycles. The highest BCUT2D eigenvalue weighted by molar-refractivity contribution is 5.75. The largest absolute Gasteiger partial charge is 0.369 e. The maximum atomic E-state index is 10.9. The van der Waals surface area contributed by atoms with E-state index in [9.17, 15) is 4.79 Å². The van der Waals surface area contributed by atoms with Crippen LogP contribution in [0.4, 0.5) is 0 Å². The van der Waals surface area contributed by atoms with Crippen LogP contribution in [-0.4, -0.2) is 12.5 Å². The lowest BCUT2D eigenvalue weighted by Gasteiger charge is -2.22. The number of rotatable bonds is 6. The number of benzene rings is 1. The van der Waals surface area contributed by atoms with Crippen molar-refractivity contribution in [1.29, 1.82) is 0 Å². The molecule has 0 radical (unpaired) electrons. The molecular formula is C14H22N2O. The zero-order valence-electron chi connectivity index (χ0n) is 10.9. The van der Waals surface area contributed by atoms with E-state index >= 15 is 0 Å². The highest BCUT2D eigenvalue weighted by Crippen LogP contribution is 2.23. The molecular weight excluding hydrogens is 212 g/mol. The summed E-state index contributed by atoms with van der Waals surface area (Å²) in [6.07, 6.45) is 0.998. The predicted molar refractivity (Wildman–Crippen MR) is 70.6 cm³/mol. The lowest BCUT2D eigenvalue weighted by molar-refractivity contribution is -0.117. The standard InChI is InChI=1S/C14H22N2O/c1-10(2)8-13(16-9-14(15)17)12-7-5-4-6-11(12)3/h4-7,10,13,16H,8-9H2,1-3H3,(H2,15,17). The second-order valence-corrected chi connectivity index (χ2v) is 4.89. The second-order valence-electron chi connectivity index (χ2n) is 4.89. The quantitative estimate of drug-likeness (QED) is 0.792. The molecule has 1 aromatic rings. The zero-order chi connectivity index (χ0) is 12.8. The lowest BCUT2D eigenvalue weighted by atomic mass is 9.94. The van der Waals surface area contributed by atoms with Gasteiger partial charge in [-0.3, -0.25) is 4.79 Å². The molecule has 0 spiro atoms. The van der Waals surface area contributed by atoms with E-state index in [4.69, 9.17) is 5.73 Å². The van der Waals surface area contributed by atoms with Gasteiger partial charge in [0.05, 0.1) is 6.54 Å². The number of hydrogen-bond acceptors (Lipinski definition) is 2. The lowest BCUT2D eigenvalue weighted by Crippen LogP contribution is -2.32. The van der Waals surface area contributed by atoms with Crippen LogP contribution in [0.25, 0.3) is 0 Å². The van der Waals surface area contributed by atoms with Crippen LogP contribution in [0.3, 0.4) is 0 Å². The van der Waals surface area contributed by atoms with E-state index in [2.05, 4.69) is 38.2 Å². The van der Waals surface area contributed by atoms with Gasteiger partial charge in [0.15, 0.2) is 0 Å². The molecule has 1 atom stereocenters. The monoisotopic (exact) mass is 234 g/mol. The molecule has 0 saturated heterocycles. The highest BCUT2D eigenvalue weighted by atomic mass is 16.1. The van der Waals surface area contributed by atoms with Crippen molar-refractivity contribution in [2.24, 2.45) is 11.7 Å². The maximum Gasteiger partial charge on any atom is 0.231 e. The van der Waals surface area contributed by atoms with E-state index in [1.54, 1.807) is 0 Å². The molecule has 0 aromatic heterocycles. The van der Waals surface area contributed by atoms with Crippen molar-refractivity contribution in [2.75, 3.05) is 6.54 Å². The Morgan fingerprint density at radius 3 is 2.53 bits per heavy atom. The first-order valence-corrected chi connectivity index (χ1v) is 6.08. The second kappa shape index (κ2) is 6.40. The van der Waals surface area contributed by atoms with Gasteiger partial charge in [-0.25, -0.2) is 0 Å². The average Bonchev–Trinajstić information content (AvgIpc) is 2.24. The van der Waals surface area contributed by atoms with Crippen LogP contribution < -0.4 is 11.1 Å². The summed E-state index contributed by atoms with van der Waals surface area (Å²) in [6.45, 7) is 6.68. The number of carbonyl (C=O) groups excluding carboxylic acids is 1. The van der Waals surface area contributed by atoms with Gasteiger partial charge in [-0.15, -0.1) is 0 Å². The average molecular weight is 234 g/mol. The topological polar surface area (TPSA) is 55.1 Å². The number of nitrogens with two attached hydrogens (primary N) is 1. The van der Waals surface area contributed by atoms with Gasteiger partial charge in [0.25, 0.3) is 0 Å². The molecule has 3 nitrogen and oxygen atoms in total. The van der Waals surface area contributed by atoms with E-state index in [-0.39, 0.29) is 18.5 Å². The molecule has 0 fully saturated rings. The van der Waals surface area contributed by atoms with Crippen LogP contribution in [0.15, 0.2) is 24.3 Å². The summed E-state index contributed by atoms with van der Waals surface area (Å²) in [6, 6.07) is 8.45. The third-order valence-corrected chi connectivity index (χ3v) is 2.79. The summed E-state index contributed by atoms with van der Waals surface area (Å²) in [5.74, 6) is 0.257. The summed E-state index contributed by atoms with van der Waals surface area (Å²) in [5, 5.41) is 3.23. The molecule has 94 valence electrons. The van der Waals surface area contributed by atoms with Gasteiger partial charge in [-0.2, -0.15) is 0 Å². The van der Waals surface area contributed by atoms with Gasteiger partial charge in [0.1, 0.15) is 0 Å². The number of aryl methyl sites for hydroxylation is 1. The van der Waals surface area contributed by atoms with Crippen LogP contribution in [0.2, 0.25) is 0 Å². The molecule has 1 rings (SSSR count). The van der Waals surface area contributed by atoms with Crippen LogP contribution in [0, 0.1) is 12.8 Å². The van der Waals surface area contributed by atoms with Gasteiger partial charge in [-0.05, 0) is 30.4 Å². The summed E-state index contributed by atoms with van der Waals surface area (Å²) >= 11 is 0. The minimum Gasteiger partial charge on any atom is -0.369 e. The van der Waals surface area contributed by atoms with Crippen molar-refractivity contribution in [3.8, 4) is 0 Å². The van der Waals surface area contributed by atoms with Crippen molar-refractivity contribution in [2.45, 2.75) is 33.2 Å². The molecule has 1 unspecified atom stereocenters.